The SMILES string of the molecule is CC(=O)Nc1nc2ccc(Oc3ncccc3C(F)(F)F)cc2s1.CC(=O)O. The molecule has 0 fully saturated rings. The van der Waals surface area contributed by atoms with E-state index in [1.807, 2.05) is 0 Å². The fourth-order valence-electron chi connectivity index (χ4n) is 1.97. The molecule has 28 heavy (non-hydrogen) atoms. The van der Waals surface area contributed by atoms with Gasteiger partial charge in [0.1, 0.15) is 11.3 Å². The number of fused-ring (bicyclic) bond motifs is 1. The summed E-state index contributed by atoms with van der Waals surface area (Å²) in [6.07, 6.45) is -3.33. The van der Waals surface area contributed by atoms with E-state index in [0.717, 1.165) is 13.0 Å². The monoisotopic (exact) mass is 413 g/mol. The minimum Gasteiger partial charge on any atom is -0.481 e. The Balaban J connectivity index is 0.000000640. The molecule has 11 heteroatoms. The van der Waals surface area contributed by atoms with Crippen LogP contribution in [0.25, 0.3) is 10.2 Å². The molecule has 2 aromatic heterocycles. The van der Waals surface area contributed by atoms with Gasteiger partial charge in [-0.3, -0.25) is 9.59 Å². The maximum Gasteiger partial charge on any atom is 0.421 e. The van der Waals surface area contributed by atoms with Crippen molar-refractivity contribution in [3.05, 3.63) is 42.1 Å². The normalized spacial score (nSPS) is 10.8. The number of hydrogen-bond donors (Lipinski definition) is 2. The fraction of sp³-hybridized carbons (Fsp3) is 0.176. The average Bonchev–Trinajstić information content (AvgIpc) is 2.94. The molecule has 3 aromatic rings. The molecule has 0 saturated heterocycles. The summed E-state index contributed by atoms with van der Waals surface area (Å²) in [7, 11) is 0. The molecule has 0 aliphatic carbocycles. The number of carboxylic acids is 1. The molecule has 2 N–H and O–H groups in total. The number of aromatic nitrogens is 2. The summed E-state index contributed by atoms with van der Waals surface area (Å²) in [6, 6.07) is 6.74. The molecule has 7 nitrogen and oxygen atoms in total. The van der Waals surface area contributed by atoms with E-state index in [4.69, 9.17) is 14.6 Å². The molecule has 0 radical (unpaired) electrons. The molecule has 0 aliphatic rings. The number of thiazole rings is 1. The molecule has 0 bridgehead atoms. The van der Waals surface area contributed by atoms with Gasteiger partial charge >= 0.3 is 6.18 Å². The Morgan fingerprint density at radius 2 is 1.89 bits per heavy atom. The summed E-state index contributed by atoms with van der Waals surface area (Å²) in [4.78, 5) is 27.9. The van der Waals surface area contributed by atoms with Gasteiger partial charge in [-0.2, -0.15) is 13.2 Å². The Kier molecular flexibility index (Phi) is 6.52. The van der Waals surface area contributed by atoms with Crippen LogP contribution in [0, 0.1) is 0 Å². The molecule has 2 heterocycles. The molecule has 1 aromatic carbocycles. The third-order valence-electron chi connectivity index (χ3n) is 2.93. The summed E-state index contributed by atoms with van der Waals surface area (Å²) < 4.78 is 44.8. The quantitative estimate of drug-likeness (QED) is 0.653. The zero-order valence-electron chi connectivity index (χ0n) is 14.6. The van der Waals surface area contributed by atoms with Gasteiger partial charge in [0.15, 0.2) is 5.13 Å². The molecule has 1 amide bonds. The molecule has 0 aliphatic heterocycles. The minimum atomic E-state index is -4.56. The molecule has 0 saturated carbocycles. The summed E-state index contributed by atoms with van der Waals surface area (Å²) in [6.45, 7) is 2.44. The number of benzene rings is 1. The van der Waals surface area contributed by atoms with Crippen molar-refractivity contribution < 1.29 is 32.6 Å². The maximum absolute atomic E-state index is 13.0. The number of anilines is 1. The Labute approximate surface area is 160 Å². The first-order valence-electron chi connectivity index (χ1n) is 7.64. The number of ether oxygens (including phenoxy) is 1. The van der Waals surface area contributed by atoms with Crippen LogP contribution in [0.15, 0.2) is 36.5 Å². The van der Waals surface area contributed by atoms with Gasteiger partial charge in [0.2, 0.25) is 11.8 Å². The number of pyridine rings is 1. The first kappa shape index (κ1) is 21.1. The number of nitrogens with zero attached hydrogens (tertiary/aromatic N) is 2. The second-order valence-electron chi connectivity index (χ2n) is 5.30. The van der Waals surface area contributed by atoms with E-state index in [0.29, 0.717) is 15.3 Å². The molecular formula is C17H14F3N3O4S. The van der Waals surface area contributed by atoms with Gasteiger partial charge in [0.25, 0.3) is 5.97 Å². The van der Waals surface area contributed by atoms with Gasteiger partial charge in [-0.25, -0.2) is 9.97 Å². The van der Waals surface area contributed by atoms with Crippen molar-refractivity contribution in [2.45, 2.75) is 20.0 Å². The van der Waals surface area contributed by atoms with Crippen LogP contribution in [0.5, 0.6) is 11.6 Å². The van der Waals surface area contributed by atoms with Crippen molar-refractivity contribution in [2.75, 3.05) is 5.32 Å². The van der Waals surface area contributed by atoms with Crippen LogP contribution >= 0.6 is 11.3 Å². The number of aliphatic carboxylic acids is 1. The maximum atomic E-state index is 13.0. The summed E-state index contributed by atoms with van der Waals surface area (Å²) in [5.41, 5.74) is -0.346. The van der Waals surface area contributed by atoms with E-state index >= 15 is 0 Å². The predicted molar refractivity (Wildman–Crippen MR) is 96.5 cm³/mol. The zero-order valence-corrected chi connectivity index (χ0v) is 15.4. The molecule has 0 unspecified atom stereocenters. The van der Waals surface area contributed by atoms with Gasteiger partial charge in [-0.15, -0.1) is 0 Å². The molecule has 3 rings (SSSR count). The number of alkyl halides is 3. The first-order valence-corrected chi connectivity index (χ1v) is 8.45. The Hall–Kier alpha value is -3.21. The lowest BCUT2D eigenvalue weighted by molar-refractivity contribution is -0.139. The Bertz CT molecular complexity index is 1000. The van der Waals surface area contributed by atoms with Gasteiger partial charge in [0.05, 0.1) is 10.2 Å². The predicted octanol–water partition coefficient (Wildman–Crippen LogP) is 4.55. The van der Waals surface area contributed by atoms with Gasteiger partial charge in [0, 0.05) is 26.1 Å². The topological polar surface area (TPSA) is 101 Å². The number of hydrogen-bond acceptors (Lipinski definition) is 6. The van der Waals surface area contributed by atoms with Crippen LogP contribution in [0.3, 0.4) is 0 Å². The number of amides is 1. The number of carbonyl (C=O) groups is 2. The van der Waals surface area contributed by atoms with Gasteiger partial charge in [-0.05, 0) is 24.3 Å². The van der Waals surface area contributed by atoms with Crippen LogP contribution < -0.4 is 10.1 Å². The Morgan fingerprint density at radius 1 is 1.21 bits per heavy atom. The third kappa shape index (κ3) is 5.91. The number of carbonyl (C=O) groups excluding carboxylic acids is 1. The largest absolute Gasteiger partial charge is 0.481 e. The van der Waals surface area contributed by atoms with E-state index in [9.17, 15) is 18.0 Å². The van der Waals surface area contributed by atoms with E-state index in [2.05, 4.69) is 15.3 Å². The highest BCUT2D eigenvalue weighted by Gasteiger charge is 2.35. The highest BCUT2D eigenvalue weighted by Crippen LogP contribution is 2.37. The van der Waals surface area contributed by atoms with E-state index in [-0.39, 0.29) is 11.7 Å². The molecular weight excluding hydrogens is 399 g/mol. The van der Waals surface area contributed by atoms with Crippen molar-refractivity contribution in [2.24, 2.45) is 0 Å². The fourth-order valence-corrected chi connectivity index (χ4v) is 2.91. The summed E-state index contributed by atoms with van der Waals surface area (Å²) in [5, 5.41) is 10.4. The highest BCUT2D eigenvalue weighted by molar-refractivity contribution is 7.22. The summed E-state index contributed by atoms with van der Waals surface area (Å²) >= 11 is 1.19. The number of nitrogens with one attached hydrogen (secondary N) is 1. The van der Waals surface area contributed by atoms with Crippen LogP contribution in [-0.2, 0) is 15.8 Å². The number of halogens is 3. The minimum absolute atomic E-state index is 0.199. The van der Waals surface area contributed by atoms with E-state index in [1.165, 1.54) is 36.6 Å². The lowest BCUT2D eigenvalue weighted by atomic mass is 10.2. The van der Waals surface area contributed by atoms with Crippen LogP contribution in [0.2, 0.25) is 0 Å². The second kappa shape index (κ2) is 8.65. The van der Waals surface area contributed by atoms with Crippen molar-refractivity contribution in [1.82, 2.24) is 9.97 Å². The average molecular weight is 413 g/mol. The zero-order chi connectivity index (χ0) is 20.9. The molecule has 0 spiro atoms. The highest BCUT2D eigenvalue weighted by atomic mass is 32.1. The second-order valence-corrected chi connectivity index (χ2v) is 6.34. The van der Waals surface area contributed by atoms with Crippen LogP contribution in [-0.4, -0.2) is 27.0 Å². The lowest BCUT2D eigenvalue weighted by Crippen LogP contribution is -2.08. The standard InChI is InChI=1S/C15H10F3N3O2S.C2H4O2/c1-8(22)20-14-21-11-5-4-9(7-12(11)24-14)23-13-10(15(16,17)18)3-2-6-19-13;1-2(3)4/h2-7H,1H3,(H,20,21,22);1H3,(H,3,4). The van der Waals surface area contributed by atoms with Crippen LogP contribution in [0.1, 0.15) is 19.4 Å². The lowest BCUT2D eigenvalue weighted by Gasteiger charge is -2.11. The molecule has 0 atom stereocenters. The van der Waals surface area contributed by atoms with Gasteiger partial charge < -0.3 is 15.2 Å². The van der Waals surface area contributed by atoms with E-state index < -0.39 is 23.6 Å². The third-order valence-corrected chi connectivity index (χ3v) is 3.87. The van der Waals surface area contributed by atoms with Crippen molar-refractivity contribution in [1.29, 1.82) is 0 Å². The summed E-state index contributed by atoms with van der Waals surface area (Å²) in [5.74, 6) is -1.41. The Morgan fingerprint density at radius 3 is 2.50 bits per heavy atom. The first-order chi connectivity index (χ1) is 13.1. The smallest absolute Gasteiger partial charge is 0.421 e. The van der Waals surface area contributed by atoms with E-state index in [1.54, 1.807) is 12.1 Å². The van der Waals surface area contributed by atoms with Crippen molar-refractivity contribution >= 4 is 38.6 Å². The number of rotatable bonds is 3. The van der Waals surface area contributed by atoms with Crippen molar-refractivity contribution in [3.8, 4) is 11.6 Å². The van der Waals surface area contributed by atoms with Gasteiger partial charge in [-0.1, -0.05) is 11.3 Å². The van der Waals surface area contributed by atoms with Crippen molar-refractivity contribution in [3.63, 3.8) is 0 Å². The van der Waals surface area contributed by atoms with Crippen LogP contribution in [0.4, 0.5) is 18.3 Å². The molecule has 148 valence electrons. The number of carboxylic acid groups (broad SMARTS) is 1.